The Balaban J connectivity index is 1.44. The second kappa shape index (κ2) is 7.95. The van der Waals surface area contributed by atoms with Gasteiger partial charge in [0.2, 0.25) is 0 Å². The van der Waals surface area contributed by atoms with Crippen molar-refractivity contribution in [3.8, 4) is 11.5 Å². The quantitative estimate of drug-likeness (QED) is 0.576. The van der Waals surface area contributed by atoms with Gasteiger partial charge in [-0.2, -0.15) is 0 Å². The zero-order chi connectivity index (χ0) is 18.5. The molecule has 4 N–H and O–H groups in total. The average molecular weight is 361 g/mol. The summed E-state index contributed by atoms with van der Waals surface area (Å²) >= 11 is 0. The molecule has 6 heteroatoms. The van der Waals surface area contributed by atoms with Crippen LogP contribution in [0.3, 0.4) is 0 Å². The van der Waals surface area contributed by atoms with Crippen LogP contribution >= 0.6 is 0 Å². The number of ether oxygens (including phenoxy) is 1. The van der Waals surface area contributed by atoms with Gasteiger partial charge in [0, 0.05) is 11.7 Å². The normalized spacial score (nSPS) is 14.1. The first-order chi connectivity index (χ1) is 13.3. The van der Waals surface area contributed by atoms with Crippen molar-refractivity contribution in [2.45, 2.75) is 31.7 Å². The van der Waals surface area contributed by atoms with Crippen molar-refractivity contribution >= 4 is 23.0 Å². The third-order valence-electron chi connectivity index (χ3n) is 4.68. The molecule has 0 aliphatic heterocycles. The third-order valence-corrected chi connectivity index (χ3v) is 4.68. The summed E-state index contributed by atoms with van der Waals surface area (Å²) < 4.78 is 5.81. The number of benzene rings is 2. The SMILES string of the molecule is Nc1c(Nc2ccc(Oc3ccccc3)cc2)ncnc1NC1CCCC1. The molecule has 6 nitrogen and oxygen atoms in total. The van der Waals surface area contributed by atoms with Crippen LogP contribution in [-0.4, -0.2) is 16.0 Å². The molecule has 0 radical (unpaired) electrons. The molecule has 0 amide bonds. The fraction of sp³-hybridized carbons (Fsp3) is 0.238. The standard InChI is InChI=1S/C21H23N5O/c22-19-20(25-15-6-4-5-7-15)23-14-24-21(19)26-16-10-12-18(13-11-16)27-17-8-2-1-3-9-17/h1-3,8-15H,4-7,22H2,(H2,23,24,25,26). The molecule has 1 aliphatic rings. The van der Waals surface area contributed by atoms with E-state index in [4.69, 9.17) is 10.5 Å². The summed E-state index contributed by atoms with van der Waals surface area (Å²) in [6.07, 6.45) is 6.36. The minimum atomic E-state index is 0.449. The van der Waals surface area contributed by atoms with Gasteiger partial charge in [-0.1, -0.05) is 31.0 Å². The van der Waals surface area contributed by atoms with E-state index in [0.29, 0.717) is 23.4 Å². The lowest BCUT2D eigenvalue weighted by Crippen LogP contribution is -2.17. The molecular formula is C21H23N5O. The van der Waals surface area contributed by atoms with Crippen molar-refractivity contribution in [2.24, 2.45) is 0 Å². The van der Waals surface area contributed by atoms with Crippen molar-refractivity contribution in [1.29, 1.82) is 0 Å². The highest BCUT2D eigenvalue weighted by atomic mass is 16.5. The molecule has 0 saturated heterocycles. The van der Waals surface area contributed by atoms with Crippen molar-refractivity contribution in [1.82, 2.24) is 9.97 Å². The molecule has 0 atom stereocenters. The van der Waals surface area contributed by atoms with E-state index in [1.54, 1.807) is 0 Å². The van der Waals surface area contributed by atoms with Gasteiger partial charge in [0.1, 0.15) is 23.5 Å². The first kappa shape index (κ1) is 17.1. The molecule has 1 aromatic heterocycles. The van der Waals surface area contributed by atoms with Crippen LogP contribution in [-0.2, 0) is 0 Å². The van der Waals surface area contributed by atoms with Gasteiger partial charge in [-0.3, -0.25) is 0 Å². The summed E-state index contributed by atoms with van der Waals surface area (Å²) in [5.74, 6) is 2.87. The first-order valence-electron chi connectivity index (χ1n) is 9.25. The Labute approximate surface area is 158 Å². The Hall–Kier alpha value is -3.28. The summed E-state index contributed by atoms with van der Waals surface area (Å²) in [5, 5.41) is 6.69. The van der Waals surface area contributed by atoms with Gasteiger partial charge in [-0.25, -0.2) is 9.97 Å². The topological polar surface area (TPSA) is 85.1 Å². The molecular weight excluding hydrogens is 338 g/mol. The Bertz CT molecular complexity index is 877. The van der Waals surface area contributed by atoms with Gasteiger partial charge in [-0.05, 0) is 49.2 Å². The first-order valence-corrected chi connectivity index (χ1v) is 9.25. The number of nitrogens with zero attached hydrogens (tertiary/aromatic N) is 2. The Kier molecular flexibility index (Phi) is 5.05. The maximum atomic E-state index is 6.27. The minimum absolute atomic E-state index is 0.449. The zero-order valence-electron chi connectivity index (χ0n) is 15.1. The van der Waals surface area contributed by atoms with Gasteiger partial charge in [0.25, 0.3) is 0 Å². The molecule has 2 aromatic carbocycles. The Morgan fingerprint density at radius 1 is 0.852 bits per heavy atom. The lowest BCUT2D eigenvalue weighted by atomic mass is 10.2. The van der Waals surface area contributed by atoms with Crippen LogP contribution in [0.15, 0.2) is 60.9 Å². The predicted octanol–water partition coefficient (Wildman–Crippen LogP) is 4.95. The molecule has 1 aliphatic carbocycles. The number of para-hydroxylation sites is 1. The van der Waals surface area contributed by atoms with Gasteiger partial charge >= 0.3 is 0 Å². The van der Waals surface area contributed by atoms with Crippen molar-refractivity contribution < 1.29 is 4.74 Å². The van der Waals surface area contributed by atoms with Gasteiger partial charge in [0.05, 0.1) is 0 Å². The van der Waals surface area contributed by atoms with E-state index < -0.39 is 0 Å². The largest absolute Gasteiger partial charge is 0.457 e. The fourth-order valence-corrected chi connectivity index (χ4v) is 3.24. The van der Waals surface area contributed by atoms with Crippen LogP contribution in [0.2, 0.25) is 0 Å². The van der Waals surface area contributed by atoms with E-state index in [-0.39, 0.29) is 0 Å². The van der Waals surface area contributed by atoms with Crippen LogP contribution in [0.1, 0.15) is 25.7 Å². The van der Waals surface area contributed by atoms with E-state index in [1.165, 1.54) is 19.2 Å². The van der Waals surface area contributed by atoms with Crippen LogP contribution in [0, 0.1) is 0 Å². The van der Waals surface area contributed by atoms with Gasteiger partial charge in [0.15, 0.2) is 11.6 Å². The minimum Gasteiger partial charge on any atom is -0.457 e. The van der Waals surface area contributed by atoms with Crippen molar-refractivity contribution in [3.05, 3.63) is 60.9 Å². The van der Waals surface area contributed by atoms with Crippen LogP contribution in [0.5, 0.6) is 11.5 Å². The fourth-order valence-electron chi connectivity index (χ4n) is 3.24. The zero-order valence-corrected chi connectivity index (χ0v) is 15.1. The highest BCUT2D eigenvalue weighted by molar-refractivity contribution is 5.77. The van der Waals surface area contributed by atoms with Crippen LogP contribution in [0.25, 0.3) is 0 Å². The molecule has 1 saturated carbocycles. The number of hydrogen-bond donors (Lipinski definition) is 3. The molecule has 0 unspecified atom stereocenters. The lowest BCUT2D eigenvalue weighted by Gasteiger charge is -2.16. The molecule has 1 fully saturated rings. The summed E-state index contributed by atoms with van der Waals surface area (Å²) in [4.78, 5) is 8.58. The smallest absolute Gasteiger partial charge is 0.159 e. The highest BCUT2D eigenvalue weighted by Crippen LogP contribution is 2.30. The van der Waals surface area contributed by atoms with Gasteiger partial charge < -0.3 is 21.1 Å². The van der Waals surface area contributed by atoms with Crippen molar-refractivity contribution in [3.63, 3.8) is 0 Å². The molecule has 0 bridgehead atoms. The number of rotatable bonds is 6. The highest BCUT2D eigenvalue weighted by Gasteiger charge is 2.17. The number of anilines is 4. The van der Waals surface area contributed by atoms with Crippen molar-refractivity contribution in [2.75, 3.05) is 16.4 Å². The number of aromatic nitrogens is 2. The van der Waals surface area contributed by atoms with E-state index in [2.05, 4.69) is 20.6 Å². The molecule has 4 rings (SSSR count). The molecule has 27 heavy (non-hydrogen) atoms. The van der Waals surface area contributed by atoms with Crippen LogP contribution in [0.4, 0.5) is 23.0 Å². The van der Waals surface area contributed by atoms with Gasteiger partial charge in [-0.15, -0.1) is 0 Å². The molecule has 3 aromatic rings. The predicted molar refractivity (Wildman–Crippen MR) is 109 cm³/mol. The molecule has 0 spiro atoms. The summed E-state index contributed by atoms with van der Waals surface area (Å²) in [5.41, 5.74) is 7.68. The molecule has 1 heterocycles. The molecule has 138 valence electrons. The van der Waals surface area contributed by atoms with Crippen LogP contribution < -0.4 is 21.1 Å². The summed E-state index contributed by atoms with van der Waals surface area (Å²) in [6.45, 7) is 0. The second-order valence-corrected chi connectivity index (χ2v) is 6.67. The monoisotopic (exact) mass is 361 g/mol. The number of hydrogen-bond acceptors (Lipinski definition) is 6. The maximum absolute atomic E-state index is 6.27. The second-order valence-electron chi connectivity index (χ2n) is 6.67. The van der Waals surface area contributed by atoms with E-state index >= 15 is 0 Å². The summed E-state index contributed by atoms with van der Waals surface area (Å²) in [7, 11) is 0. The number of nitrogens with one attached hydrogen (secondary N) is 2. The number of nitrogen functional groups attached to an aromatic ring is 1. The van der Waals surface area contributed by atoms with E-state index in [0.717, 1.165) is 30.0 Å². The number of nitrogens with two attached hydrogens (primary N) is 1. The Morgan fingerprint density at radius 2 is 1.52 bits per heavy atom. The summed E-state index contributed by atoms with van der Waals surface area (Å²) in [6, 6.07) is 17.8. The van der Waals surface area contributed by atoms with E-state index in [9.17, 15) is 0 Å². The average Bonchev–Trinajstić information content (AvgIpc) is 3.20. The third kappa shape index (κ3) is 4.28. The van der Waals surface area contributed by atoms with E-state index in [1.807, 2.05) is 54.6 Å². The Morgan fingerprint density at radius 3 is 2.26 bits per heavy atom. The maximum Gasteiger partial charge on any atom is 0.159 e. The lowest BCUT2D eigenvalue weighted by molar-refractivity contribution is 0.483.